The summed E-state index contributed by atoms with van der Waals surface area (Å²) in [6.45, 7) is 14.1. The highest BCUT2D eigenvalue weighted by Gasteiger charge is 2.24. The van der Waals surface area contributed by atoms with E-state index in [0.717, 1.165) is 44.9 Å². The monoisotopic (exact) mass is 532 g/mol. The second-order valence-electron chi connectivity index (χ2n) is 7.91. The Hall–Kier alpha value is -0.660. The van der Waals surface area contributed by atoms with Crippen LogP contribution in [0.1, 0.15) is 34.6 Å². The smallest absolute Gasteiger partial charge is 0.234 e. The molecular weight excluding hydrogens is 495 g/mol. The van der Waals surface area contributed by atoms with Crippen molar-refractivity contribution in [2.24, 2.45) is 4.99 Å². The summed E-state index contributed by atoms with van der Waals surface area (Å²) in [7, 11) is -3.29. The molecule has 9 nitrogen and oxygen atoms in total. The van der Waals surface area contributed by atoms with E-state index in [1.165, 1.54) is 0 Å². The predicted octanol–water partition coefficient (Wildman–Crippen LogP) is 0.0399. The Morgan fingerprint density at radius 1 is 1.18 bits per heavy atom. The average Bonchev–Trinajstić information content (AvgIpc) is 2.49. The lowest BCUT2D eigenvalue weighted by molar-refractivity contribution is -0.123. The number of rotatable bonds is 8. The van der Waals surface area contributed by atoms with Gasteiger partial charge in [0.15, 0.2) is 5.96 Å². The topological polar surface area (TPSA) is 106 Å². The second-order valence-corrected chi connectivity index (χ2v) is 9.66. The summed E-state index contributed by atoms with van der Waals surface area (Å²) in [6, 6.07) is 0.148. The van der Waals surface area contributed by atoms with Crippen LogP contribution in [0.15, 0.2) is 4.99 Å². The Bertz CT molecular complexity index is 616. The highest BCUT2D eigenvalue weighted by Crippen LogP contribution is 2.07. The van der Waals surface area contributed by atoms with E-state index in [1.807, 2.05) is 34.6 Å². The van der Waals surface area contributed by atoms with Gasteiger partial charge in [-0.1, -0.05) is 0 Å². The summed E-state index contributed by atoms with van der Waals surface area (Å²) in [5, 5.41) is 6.18. The van der Waals surface area contributed by atoms with Gasteiger partial charge < -0.3 is 15.5 Å². The molecule has 0 radical (unpaired) electrons. The van der Waals surface area contributed by atoms with Crippen LogP contribution in [0.3, 0.4) is 0 Å². The summed E-state index contributed by atoms with van der Waals surface area (Å²) in [5.41, 5.74) is -0.662. The van der Waals surface area contributed by atoms with Gasteiger partial charge in [0.05, 0.1) is 19.3 Å². The number of carbonyl (C=O) groups excluding carboxylic acids is 1. The number of piperazine rings is 1. The number of carbonyl (C=O) groups is 1. The summed E-state index contributed by atoms with van der Waals surface area (Å²) in [5.74, 6) is 0.819. The minimum Gasteiger partial charge on any atom is -0.357 e. The number of hydrogen-bond acceptors (Lipinski definition) is 5. The largest absolute Gasteiger partial charge is 0.357 e. The molecule has 1 amide bonds. The minimum atomic E-state index is -3.29. The molecule has 3 N–H and O–H groups in total. The first-order valence-corrected chi connectivity index (χ1v) is 11.3. The molecule has 11 heteroatoms. The number of halogens is 1. The fourth-order valence-electron chi connectivity index (χ4n) is 2.92. The van der Waals surface area contributed by atoms with Crippen LogP contribution in [0.4, 0.5) is 0 Å². The highest BCUT2D eigenvalue weighted by atomic mass is 127. The van der Waals surface area contributed by atoms with E-state index in [0.29, 0.717) is 13.1 Å². The van der Waals surface area contributed by atoms with Gasteiger partial charge in [0, 0.05) is 44.3 Å². The molecule has 0 spiro atoms. The van der Waals surface area contributed by atoms with Crippen molar-refractivity contribution in [3.05, 3.63) is 0 Å². The predicted molar refractivity (Wildman–Crippen MR) is 125 cm³/mol. The number of hydrogen-bond donors (Lipinski definition) is 3. The zero-order valence-electron chi connectivity index (χ0n) is 17.9. The van der Waals surface area contributed by atoms with Crippen LogP contribution in [0.2, 0.25) is 0 Å². The number of amides is 1. The average molecular weight is 532 g/mol. The molecule has 0 aromatic carbocycles. The molecule has 1 fully saturated rings. The van der Waals surface area contributed by atoms with E-state index in [9.17, 15) is 13.2 Å². The lowest BCUT2D eigenvalue weighted by Gasteiger charge is -2.36. The van der Waals surface area contributed by atoms with Crippen molar-refractivity contribution in [2.45, 2.75) is 46.2 Å². The standard InChI is InChI=1S/C17H36N6O3S.HI/c1-7-18-16(19-13-17(4,5)21-27(6,25)26)23-10-8-22(9-11-23)12-15(24)20-14(2)3;/h14,21H,7-13H2,1-6H3,(H,18,19)(H,20,24);1H. The molecule has 1 heterocycles. The van der Waals surface area contributed by atoms with E-state index in [2.05, 4.69) is 30.1 Å². The van der Waals surface area contributed by atoms with Gasteiger partial charge >= 0.3 is 0 Å². The molecule has 0 saturated carbocycles. The van der Waals surface area contributed by atoms with Crippen LogP contribution in [0.25, 0.3) is 0 Å². The molecule has 1 aliphatic heterocycles. The number of nitrogens with one attached hydrogen (secondary N) is 3. The number of aliphatic imine (C=N–C) groups is 1. The molecule has 0 aromatic rings. The molecule has 0 bridgehead atoms. The van der Waals surface area contributed by atoms with Crippen LogP contribution in [0.5, 0.6) is 0 Å². The third kappa shape index (κ3) is 11.4. The van der Waals surface area contributed by atoms with Crippen molar-refractivity contribution >= 4 is 45.9 Å². The molecule has 1 aliphatic rings. The first-order chi connectivity index (χ1) is 12.4. The molecule has 166 valence electrons. The van der Waals surface area contributed by atoms with Crippen molar-refractivity contribution in [1.82, 2.24) is 25.2 Å². The van der Waals surface area contributed by atoms with Crippen molar-refractivity contribution in [3.8, 4) is 0 Å². The Labute approximate surface area is 187 Å². The van der Waals surface area contributed by atoms with E-state index in [4.69, 9.17) is 0 Å². The maximum atomic E-state index is 11.9. The molecular formula is C17H37IN6O3S. The third-order valence-electron chi connectivity index (χ3n) is 3.91. The van der Waals surface area contributed by atoms with Gasteiger partial charge in [-0.05, 0) is 34.6 Å². The van der Waals surface area contributed by atoms with Crippen molar-refractivity contribution in [3.63, 3.8) is 0 Å². The quantitative estimate of drug-likeness (QED) is 0.232. The molecule has 0 aromatic heterocycles. The zero-order chi connectivity index (χ0) is 20.7. The molecule has 28 heavy (non-hydrogen) atoms. The van der Waals surface area contributed by atoms with Crippen molar-refractivity contribution in [2.75, 3.05) is 52.1 Å². The Morgan fingerprint density at radius 2 is 1.75 bits per heavy atom. The highest BCUT2D eigenvalue weighted by molar-refractivity contribution is 14.0. The van der Waals surface area contributed by atoms with Crippen LogP contribution in [-0.4, -0.2) is 93.7 Å². The van der Waals surface area contributed by atoms with Gasteiger partial charge in [0.2, 0.25) is 15.9 Å². The summed E-state index contributed by atoms with van der Waals surface area (Å²) < 4.78 is 25.6. The van der Waals surface area contributed by atoms with Gasteiger partial charge in [-0.3, -0.25) is 14.7 Å². The van der Waals surface area contributed by atoms with Crippen LogP contribution >= 0.6 is 24.0 Å². The summed E-state index contributed by atoms with van der Waals surface area (Å²) in [4.78, 5) is 20.8. The van der Waals surface area contributed by atoms with E-state index < -0.39 is 15.6 Å². The second kappa shape index (κ2) is 12.1. The van der Waals surface area contributed by atoms with Crippen molar-refractivity contribution < 1.29 is 13.2 Å². The summed E-state index contributed by atoms with van der Waals surface area (Å²) >= 11 is 0. The van der Waals surface area contributed by atoms with E-state index in [-0.39, 0.29) is 35.9 Å². The van der Waals surface area contributed by atoms with E-state index in [1.54, 1.807) is 0 Å². The first-order valence-electron chi connectivity index (χ1n) is 9.46. The number of nitrogens with zero attached hydrogens (tertiary/aromatic N) is 3. The van der Waals surface area contributed by atoms with Gasteiger partial charge in [0.1, 0.15) is 0 Å². The Kier molecular flexibility index (Phi) is 11.8. The van der Waals surface area contributed by atoms with Gasteiger partial charge in [-0.15, -0.1) is 24.0 Å². The molecule has 1 saturated heterocycles. The van der Waals surface area contributed by atoms with Crippen LogP contribution < -0.4 is 15.4 Å². The molecule has 0 atom stereocenters. The van der Waals surface area contributed by atoms with Crippen molar-refractivity contribution in [1.29, 1.82) is 0 Å². The van der Waals surface area contributed by atoms with Gasteiger partial charge in [0.25, 0.3) is 0 Å². The molecule has 0 unspecified atom stereocenters. The molecule has 0 aliphatic carbocycles. The van der Waals surface area contributed by atoms with Gasteiger partial charge in [-0.25, -0.2) is 13.1 Å². The minimum absolute atomic E-state index is 0. The Balaban J connectivity index is 0.00000729. The summed E-state index contributed by atoms with van der Waals surface area (Å²) in [6.07, 6.45) is 1.15. The number of guanidine groups is 1. The maximum Gasteiger partial charge on any atom is 0.234 e. The Morgan fingerprint density at radius 3 is 2.21 bits per heavy atom. The van der Waals surface area contributed by atoms with E-state index >= 15 is 0 Å². The van der Waals surface area contributed by atoms with Gasteiger partial charge in [-0.2, -0.15) is 0 Å². The normalized spacial score (nSPS) is 16.7. The third-order valence-corrected chi connectivity index (χ3v) is 4.83. The van der Waals surface area contributed by atoms with Crippen LogP contribution in [-0.2, 0) is 14.8 Å². The lowest BCUT2D eigenvalue weighted by Crippen LogP contribution is -2.54. The first kappa shape index (κ1) is 27.3. The maximum absolute atomic E-state index is 11.9. The molecule has 1 rings (SSSR count). The lowest BCUT2D eigenvalue weighted by atomic mass is 10.1. The SMILES string of the molecule is CCNC(=NCC(C)(C)NS(C)(=O)=O)N1CCN(CC(=O)NC(C)C)CC1.I. The van der Waals surface area contributed by atoms with Crippen LogP contribution in [0, 0.1) is 0 Å². The zero-order valence-corrected chi connectivity index (χ0v) is 21.1. The number of sulfonamides is 1. The fraction of sp³-hybridized carbons (Fsp3) is 0.882. The fourth-order valence-corrected chi connectivity index (χ4v) is 3.99.